The highest BCUT2D eigenvalue weighted by atomic mass is 16.5. The Morgan fingerprint density at radius 2 is 2.00 bits per heavy atom. The van der Waals surface area contributed by atoms with E-state index < -0.39 is 0 Å². The second-order valence-corrected chi connectivity index (χ2v) is 8.21. The lowest BCUT2D eigenvalue weighted by atomic mass is 9.89. The molecule has 2 aromatic carbocycles. The summed E-state index contributed by atoms with van der Waals surface area (Å²) in [7, 11) is 0. The lowest BCUT2D eigenvalue weighted by molar-refractivity contribution is -0.124. The summed E-state index contributed by atoms with van der Waals surface area (Å²) in [6.07, 6.45) is 0.720. The number of ether oxygens (including phenoxy) is 2. The van der Waals surface area contributed by atoms with Gasteiger partial charge in [-0.05, 0) is 44.4 Å². The predicted molar refractivity (Wildman–Crippen MR) is 107 cm³/mol. The number of amides is 1. The van der Waals surface area contributed by atoms with E-state index in [2.05, 4.69) is 25.2 Å². The Morgan fingerprint density at radius 3 is 2.74 bits per heavy atom. The zero-order valence-electron chi connectivity index (χ0n) is 16.8. The summed E-state index contributed by atoms with van der Waals surface area (Å²) in [5.41, 5.74) is 2.97. The average Bonchev–Trinajstić information content (AvgIpc) is 2.60. The Bertz CT molecular complexity index is 826. The SMILES string of the molecule is Cc1ccc2c(c1)C(NC(=O)COc1ccccc1C(C)C)CC(C)(C)O2. The van der Waals surface area contributed by atoms with Crippen LogP contribution in [0.5, 0.6) is 11.5 Å². The van der Waals surface area contributed by atoms with E-state index in [9.17, 15) is 4.79 Å². The first-order valence-corrected chi connectivity index (χ1v) is 9.56. The molecule has 4 nitrogen and oxygen atoms in total. The Kier molecular flexibility index (Phi) is 5.45. The molecular formula is C23H29NO3. The van der Waals surface area contributed by atoms with Crippen LogP contribution < -0.4 is 14.8 Å². The molecule has 0 radical (unpaired) electrons. The van der Waals surface area contributed by atoms with Crippen LogP contribution in [0.2, 0.25) is 0 Å². The van der Waals surface area contributed by atoms with Gasteiger partial charge >= 0.3 is 0 Å². The largest absolute Gasteiger partial charge is 0.487 e. The van der Waals surface area contributed by atoms with Crippen molar-refractivity contribution in [1.82, 2.24) is 5.32 Å². The van der Waals surface area contributed by atoms with Crippen LogP contribution in [-0.4, -0.2) is 18.1 Å². The Hall–Kier alpha value is -2.49. The van der Waals surface area contributed by atoms with Gasteiger partial charge in [-0.2, -0.15) is 0 Å². The molecule has 1 aliphatic rings. The summed E-state index contributed by atoms with van der Waals surface area (Å²) < 4.78 is 11.9. The van der Waals surface area contributed by atoms with Crippen LogP contribution in [0.15, 0.2) is 42.5 Å². The van der Waals surface area contributed by atoms with Crippen LogP contribution in [0.25, 0.3) is 0 Å². The smallest absolute Gasteiger partial charge is 0.258 e. The molecule has 0 bridgehead atoms. The minimum Gasteiger partial charge on any atom is -0.487 e. The van der Waals surface area contributed by atoms with Gasteiger partial charge in [0.2, 0.25) is 0 Å². The molecule has 3 rings (SSSR count). The normalized spacial score (nSPS) is 17.8. The van der Waals surface area contributed by atoms with E-state index in [-0.39, 0.29) is 24.2 Å². The Labute approximate surface area is 161 Å². The van der Waals surface area contributed by atoms with Crippen molar-refractivity contribution in [3.05, 3.63) is 59.2 Å². The number of carbonyl (C=O) groups excluding carboxylic acids is 1. The minimum atomic E-state index is -0.328. The first-order valence-electron chi connectivity index (χ1n) is 9.56. The number of hydrogen-bond donors (Lipinski definition) is 1. The lowest BCUT2D eigenvalue weighted by Crippen LogP contribution is -2.42. The van der Waals surface area contributed by atoms with Gasteiger partial charge in [0.15, 0.2) is 6.61 Å². The molecule has 0 aromatic heterocycles. The third-order valence-electron chi connectivity index (χ3n) is 4.86. The number of carbonyl (C=O) groups is 1. The standard InChI is InChI=1S/C23H29NO3/c1-15(2)17-8-6-7-9-20(17)26-14-22(25)24-19-13-23(4,5)27-21-11-10-16(3)12-18(19)21/h6-12,15,19H,13-14H2,1-5H3,(H,24,25). The van der Waals surface area contributed by atoms with Crippen LogP contribution in [-0.2, 0) is 4.79 Å². The third kappa shape index (κ3) is 4.62. The zero-order chi connectivity index (χ0) is 19.6. The number of aryl methyl sites for hydroxylation is 1. The van der Waals surface area contributed by atoms with Gasteiger partial charge in [-0.1, -0.05) is 49.7 Å². The van der Waals surface area contributed by atoms with Crippen LogP contribution in [0.3, 0.4) is 0 Å². The number of fused-ring (bicyclic) bond motifs is 1. The van der Waals surface area contributed by atoms with Crippen molar-refractivity contribution in [2.45, 2.75) is 58.6 Å². The van der Waals surface area contributed by atoms with E-state index in [1.54, 1.807) is 0 Å². The highest BCUT2D eigenvalue weighted by Crippen LogP contribution is 2.39. The Morgan fingerprint density at radius 1 is 1.26 bits per heavy atom. The fraction of sp³-hybridized carbons (Fsp3) is 0.435. The molecule has 27 heavy (non-hydrogen) atoms. The fourth-order valence-electron chi connectivity index (χ4n) is 3.57. The van der Waals surface area contributed by atoms with Crippen LogP contribution >= 0.6 is 0 Å². The van der Waals surface area contributed by atoms with Crippen molar-refractivity contribution in [3.63, 3.8) is 0 Å². The summed E-state index contributed by atoms with van der Waals surface area (Å²) in [5.74, 6) is 1.83. The maximum absolute atomic E-state index is 12.6. The van der Waals surface area contributed by atoms with Gasteiger partial charge in [-0.25, -0.2) is 0 Å². The highest BCUT2D eigenvalue weighted by Gasteiger charge is 2.34. The predicted octanol–water partition coefficient (Wildman–Crippen LogP) is 4.92. The second kappa shape index (κ2) is 7.63. The van der Waals surface area contributed by atoms with Crippen LogP contribution in [0.4, 0.5) is 0 Å². The summed E-state index contributed by atoms with van der Waals surface area (Å²) in [6, 6.07) is 13.9. The van der Waals surface area contributed by atoms with Gasteiger partial charge in [0.25, 0.3) is 5.91 Å². The van der Waals surface area contributed by atoms with Crippen molar-refractivity contribution in [2.75, 3.05) is 6.61 Å². The van der Waals surface area contributed by atoms with E-state index in [0.717, 1.165) is 34.6 Å². The maximum Gasteiger partial charge on any atom is 0.258 e. The maximum atomic E-state index is 12.6. The fourth-order valence-corrected chi connectivity index (χ4v) is 3.57. The second-order valence-electron chi connectivity index (χ2n) is 8.21. The number of benzene rings is 2. The van der Waals surface area contributed by atoms with Crippen LogP contribution in [0, 0.1) is 6.92 Å². The molecule has 0 spiro atoms. The molecule has 4 heteroatoms. The first-order chi connectivity index (χ1) is 12.7. The summed E-state index contributed by atoms with van der Waals surface area (Å²) >= 11 is 0. The van der Waals surface area contributed by atoms with E-state index in [0.29, 0.717) is 5.92 Å². The van der Waals surface area contributed by atoms with Crippen LogP contribution in [0.1, 0.15) is 62.8 Å². The molecule has 0 saturated heterocycles. The van der Waals surface area contributed by atoms with Crippen molar-refractivity contribution in [1.29, 1.82) is 0 Å². The number of para-hydroxylation sites is 1. The molecule has 0 aliphatic carbocycles. The van der Waals surface area contributed by atoms with Crippen molar-refractivity contribution in [2.24, 2.45) is 0 Å². The van der Waals surface area contributed by atoms with E-state index in [1.807, 2.05) is 57.2 Å². The molecule has 0 saturated carbocycles. The summed E-state index contributed by atoms with van der Waals surface area (Å²) in [5, 5.41) is 3.13. The van der Waals surface area contributed by atoms with Gasteiger partial charge < -0.3 is 14.8 Å². The quantitative estimate of drug-likeness (QED) is 0.816. The van der Waals surface area contributed by atoms with Gasteiger partial charge in [0, 0.05) is 12.0 Å². The molecule has 1 atom stereocenters. The lowest BCUT2D eigenvalue weighted by Gasteiger charge is -2.38. The Balaban J connectivity index is 1.70. The molecule has 1 unspecified atom stereocenters. The third-order valence-corrected chi connectivity index (χ3v) is 4.86. The van der Waals surface area contributed by atoms with Gasteiger partial charge in [0.1, 0.15) is 17.1 Å². The minimum absolute atomic E-state index is 0.00265. The number of hydrogen-bond acceptors (Lipinski definition) is 3. The van der Waals surface area contributed by atoms with Crippen molar-refractivity contribution >= 4 is 5.91 Å². The molecular weight excluding hydrogens is 338 g/mol. The molecule has 1 aliphatic heterocycles. The molecule has 1 heterocycles. The molecule has 0 fully saturated rings. The van der Waals surface area contributed by atoms with Gasteiger partial charge in [-0.3, -0.25) is 4.79 Å². The monoisotopic (exact) mass is 367 g/mol. The van der Waals surface area contributed by atoms with Crippen molar-refractivity contribution < 1.29 is 14.3 Å². The molecule has 1 N–H and O–H groups in total. The van der Waals surface area contributed by atoms with Gasteiger partial charge in [0.05, 0.1) is 6.04 Å². The van der Waals surface area contributed by atoms with Crippen molar-refractivity contribution in [3.8, 4) is 11.5 Å². The topological polar surface area (TPSA) is 47.6 Å². The van der Waals surface area contributed by atoms with E-state index in [1.165, 1.54) is 0 Å². The summed E-state index contributed by atoms with van der Waals surface area (Å²) in [4.78, 5) is 12.6. The average molecular weight is 367 g/mol. The van der Waals surface area contributed by atoms with E-state index in [4.69, 9.17) is 9.47 Å². The molecule has 144 valence electrons. The molecule has 2 aromatic rings. The van der Waals surface area contributed by atoms with Gasteiger partial charge in [-0.15, -0.1) is 0 Å². The first kappa shape index (κ1) is 19.3. The molecule has 1 amide bonds. The number of nitrogens with one attached hydrogen (secondary N) is 1. The summed E-state index contributed by atoms with van der Waals surface area (Å²) in [6.45, 7) is 10.4. The zero-order valence-corrected chi connectivity index (χ0v) is 16.8. The van der Waals surface area contributed by atoms with E-state index >= 15 is 0 Å². The highest BCUT2D eigenvalue weighted by molar-refractivity contribution is 5.78. The number of rotatable bonds is 5.